The maximum absolute atomic E-state index is 11.3. The molecule has 152 valence electrons. The van der Waals surface area contributed by atoms with Crippen molar-refractivity contribution in [1.82, 2.24) is 40.6 Å². The molecule has 3 heterocycles. The van der Waals surface area contributed by atoms with E-state index < -0.39 is 5.97 Å². The molecule has 2 atom stereocenters. The Bertz CT molecular complexity index is 1000. The number of tetrazole rings is 1. The van der Waals surface area contributed by atoms with E-state index in [1.807, 2.05) is 19.1 Å². The summed E-state index contributed by atoms with van der Waals surface area (Å²) in [7, 11) is 1.80. The van der Waals surface area contributed by atoms with Crippen molar-refractivity contribution in [3.63, 3.8) is 0 Å². The lowest BCUT2D eigenvalue weighted by molar-refractivity contribution is -0.143. The van der Waals surface area contributed by atoms with Gasteiger partial charge in [-0.2, -0.15) is 5.21 Å². The second-order valence-corrected chi connectivity index (χ2v) is 7.23. The highest BCUT2D eigenvalue weighted by Crippen LogP contribution is 2.30. The largest absolute Gasteiger partial charge is 0.489 e. The van der Waals surface area contributed by atoms with Gasteiger partial charge in [0.1, 0.15) is 11.4 Å². The lowest BCUT2D eigenvalue weighted by Crippen LogP contribution is -2.29. The Kier molecular flexibility index (Phi) is 5.19. The molecule has 0 aliphatic heterocycles. The third-order valence-electron chi connectivity index (χ3n) is 5.21. The molecule has 1 saturated carbocycles. The van der Waals surface area contributed by atoms with Gasteiger partial charge in [-0.25, -0.2) is 4.98 Å². The van der Waals surface area contributed by atoms with Gasteiger partial charge < -0.3 is 9.84 Å². The van der Waals surface area contributed by atoms with Gasteiger partial charge in [-0.05, 0) is 44.7 Å². The molecule has 0 spiro atoms. The van der Waals surface area contributed by atoms with Gasteiger partial charge in [0.15, 0.2) is 5.82 Å². The molecule has 11 nitrogen and oxygen atoms in total. The summed E-state index contributed by atoms with van der Waals surface area (Å²) in [4.78, 5) is 15.9. The van der Waals surface area contributed by atoms with E-state index >= 15 is 0 Å². The number of hydrogen-bond acceptors (Lipinski definition) is 8. The predicted octanol–water partition coefficient (Wildman–Crippen LogP) is 1.31. The van der Waals surface area contributed by atoms with Crippen LogP contribution in [0, 0.1) is 12.8 Å². The van der Waals surface area contributed by atoms with Crippen LogP contribution in [0.2, 0.25) is 0 Å². The normalized spacial score (nSPS) is 19.2. The zero-order valence-electron chi connectivity index (χ0n) is 16.2. The minimum Gasteiger partial charge on any atom is -0.489 e. The lowest BCUT2D eigenvalue weighted by atomic mass is 9.87. The molecule has 0 bridgehead atoms. The minimum absolute atomic E-state index is 0.110. The average Bonchev–Trinajstić information content (AvgIpc) is 3.34. The van der Waals surface area contributed by atoms with E-state index in [-0.39, 0.29) is 12.0 Å². The number of aromatic nitrogens is 8. The van der Waals surface area contributed by atoms with Crippen LogP contribution in [0.4, 0.5) is 0 Å². The summed E-state index contributed by atoms with van der Waals surface area (Å²) in [6.07, 6.45) is 3.25. The molecule has 3 aromatic rings. The van der Waals surface area contributed by atoms with Gasteiger partial charge in [-0.3, -0.25) is 9.48 Å². The van der Waals surface area contributed by atoms with Crippen molar-refractivity contribution in [3.05, 3.63) is 29.3 Å². The van der Waals surface area contributed by atoms with Crippen molar-refractivity contribution in [3.8, 4) is 17.1 Å². The summed E-state index contributed by atoms with van der Waals surface area (Å²) in [6.45, 7) is 1.87. The highest BCUT2D eigenvalue weighted by molar-refractivity contribution is 5.70. The summed E-state index contributed by atoms with van der Waals surface area (Å²) in [5.74, 6) is 0.112. The third-order valence-corrected chi connectivity index (χ3v) is 5.21. The molecule has 0 saturated heterocycles. The Balaban J connectivity index is 1.53. The van der Waals surface area contributed by atoms with Crippen molar-refractivity contribution >= 4 is 5.97 Å². The standard InChI is InChI=1S/C18H22N8O3/c1-10-15(29-12-5-3-4-11(8-12)18(27)28)7-6-13(19-10)17-14(26(2)25-22-17)9-16-20-23-24-21-16/h6-7,11-12H,3-5,8-9H2,1-2H3,(H,27,28)(H,20,21,23,24)/t11-,12-/m0/s1. The summed E-state index contributed by atoms with van der Waals surface area (Å²) in [6, 6.07) is 3.69. The van der Waals surface area contributed by atoms with Crippen LogP contribution < -0.4 is 4.74 Å². The molecule has 0 aromatic carbocycles. The van der Waals surface area contributed by atoms with Crippen molar-refractivity contribution in [2.75, 3.05) is 0 Å². The quantitative estimate of drug-likeness (QED) is 0.627. The van der Waals surface area contributed by atoms with E-state index in [2.05, 4.69) is 35.9 Å². The number of carboxylic acid groups (broad SMARTS) is 1. The monoisotopic (exact) mass is 398 g/mol. The molecular weight excluding hydrogens is 376 g/mol. The van der Waals surface area contributed by atoms with Crippen molar-refractivity contribution in [1.29, 1.82) is 0 Å². The van der Waals surface area contributed by atoms with Crippen molar-refractivity contribution in [2.24, 2.45) is 13.0 Å². The van der Waals surface area contributed by atoms with E-state index in [9.17, 15) is 9.90 Å². The number of nitrogens with zero attached hydrogens (tertiary/aromatic N) is 7. The highest BCUT2D eigenvalue weighted by atomic mass is 16.5. The molecule has 1 aliphatic carbocycles. The number of carbonyl (C=O) groups is 1. The molecule has 4 rings (SSSR count). The first-order valence-corrected chi connectivity index (χ1v) is 9.49. The van der Waals surface area contributed by atoms with Crippen LogP contribution in [0.15, 0.2) is 12.1 Å². The maximum Gasteiger partial charge on any atom is 0.306 e. The maximum atomic E-state index is 11.3. The molecule has 2 N–H and O–H groups in total. The molecule has 3 aromatic heterocycles. The van der Waals surface area contributed by atoms with Crippen molar-refractivity contribution in [2.45, 2.75) is 45.1 Å². The minimum atomic E-state index is -0.750. The van der Waals surface area contributed by atoms with E-state index in [0.717, 1.165) is 24.2 Å². The molecule has 1 fully saturated rings. The van der Waals surface area contributed by atoms with Crippen molar-refractivity contribution < 1.29 is 14.6 Å². The first kappa shape index (κ1) is 19.0. The molecular formula is C18H22N8O3. The Labute approximate surface area is 166 Å². The molecule has 0 radical (unpaired) electrons. The van der Waals surface area contributed by atoms with Gasteiger partial charge in [0, 0.05) is 7.05 Å². The summed E-state index contributed by atoms with van der Waals surface area (Å²) >= 11 is 0. The first-order chi connectivity index (χ1) is 14.0. The number of ether oxygens (including phenoxy) is 1. The van der Waals surface area contributed by atoms with E-state index in [1.165, 1.54) is 0 Å². The number of aromatic amines is 1. The summed E-state index contributed by atoms with van der Waals surface area (Å²) < 4.78 is 7.75. The van der Waals surface area contributed by atoms with Crippen LogP contribution in [0.25, 0.3) is 11.4 Å². The topological polar surface area (TPSA) is 145 Å². The Hall–Kier alpha value is -3.37. The van der Waals surface area contributed by atoms with Crippen LogP contribution in [0.5, 0.6) is 5.75 Å². The average molecular weight is 398 g/mol. The lowest BCUT2D eigenvalue weighted by Gasteiger charge is -2.27. The van der Waals surface area contributed by atoms with Crippen LogP contribution in [0.1, 0.15) is 42.9 Å². The van der Waals surface area contributed by atoms with Crippen LogP contribution in [0.3, 0.4) is 0 Å². The zero-order chi connectivity index (χ0) is 20.4. The summed E-state index contributed by atoms with van der Waals surface area (Å²) in [5.41, 5.74) is 2.86. The first-order valence-electron chi connectivity index (χ1n) is 9.49. The fourth-order valence-corrected chi connectivity index (χ4v) is 3.64. The molecule has 1 aliphatic rings. The predicted molar refractivity (Wildman–Crippen MR) is 100.0 cm³/mol. The number of aryl methyl sites for hydroxylation is 2. The van der Waals surface area contributed by atoms with Crippen LogP contribution in [-0.4, -0.2) is 57.8 Å². The number of nitrogens with one attached hydrogen (secondary N) is 1. The van der Waals surface area contributed by atoms with E-state index in [0.29, 0.717) is 42.2 Å². The fraction of sp³-hybridized carbons (Fsp3) is 0.500. The zero-order valence-corrected chi connectivity index (χ0v) is 16.2. The van der Waals surface area contributed by atoms with Crippen LogP contribution in [-0.2, 0) is 18.3 Å². The van der Waals surface area contributed by atoms with Gasteiger partial charge >= 0.3 is 5.97 Å². The molecule has 11 heteroatoms. The highest BCUT2D eigenvalue weighted by Gasteiger charge is 2.28. The summed E-state index contributed by atoms with van der Waals surface area (Å²) in [5, 5.41) is 31.6. The van der Waals surface area contributed by atoms with Gasteiger partial charge in [0.25, 0.3) is 0 Å². The second kappa shape index (κ2) is 7.94. The number of rotatable bonds is 6. The Morgan fingerprint density at radius 2 is 2.21 bits per heavy atom. The second-order valence-electron chi connectivity index (χ2n) is 7.23. The Morgan fingerprint density at radius 3 is 2.93 bits per heavy atom. The molecule has 29 heavy (non-hydrogen) atoms. The van der Waals surface area contributed by atoms with Crippen LogP contribution >= 0.6 is 0 Å². The van der Waals surface area contributed by atoms with Gasteiger partial charge in [-0.1, -0.05) is 10.4 Å². The number of hydrogen-bond donors (Lipinski definition) is 2. The molecule has 0 amide bonds. The number of carboxylic acids is 1. The van der Waals surface area contributed by atoms with Gasteiger partial charge in [0.2, 0.25) is 0 Å². The van der Waals surface area contributed by atoms with Gasteiger partial charge in [0.05, 0.1) is 35.5 Å². The number of H-pyrrole nitrogens is 1. The third kappa shape index (κ3) is 4.08. The Morgan fingerprint density at radius 1 is 1.34 bits per heavy atom. The smallest absolute Gasteiger partial charge is 0.306 e. The van der Waals surface area contributed by atoms with E-state index in [4.69, 9.17) is 4.74 Å². The number of pyridine rings is 1. The van der Waals surface area contributed by atoms with Gasteiger partial charge in [-0.15, -0.1) is 15.3 Å². The SMILES string of the molecule is Cc1nc(-c2nnn(C)c2Cc2nn[nH]n2)ccc1O[C@H]1CCC[C@H](C(=O)O)C1. The van der Waals surface area contributed by atoms with E-state index in [1.54, 1.807) is 11.7 Å². The fourth-order valence-electron chi connectivity index (χ4n) is 3.64. The molecule has 0 unspecified atom stereocenters. The number of aliphatic carboxylic acids is 1.